The van der Waals surface area contributed by atoms with Crippen molar-refractivity contribution in [2.75, 3.05) is 5.32 Å². The second kappa shape index (κ2) is 11.8. The van der Waals surface area contributed by atoms with Crippen molar-refractivity contribution >= 4 is 45.0 Å². The first-order valence-electron chi connectivity index (χ1n) is 10.5. The van der Waals surface area contributed by atoms with Crippen LogP contribution >= 0.6 is 27.7 Å². The van der Waals surface area contributed by atoms with E-state index in [0.29, 0.717) is 18.2 Å². The smallest absolute Gasteiger partial charge is 0.253 e. The van der Waals surface area contributed by atoms with Gasteiger partial charge in [0, 0.05) is 16.7 Å². The lowest BCUT2D eigenvalue weighted by Gasteiger charge is -2.12. The molecule has 0 saturated carbocycles. The largest absolute Gasteiger partial charge is 0.378 e. The molecule has 0 aliphatic carbocycles. The van der Waals surface area contributed by atoms with Crippen molar-refractivity contribution in [3.8, 4) is 0 Å². The molecule has 1 unspecified atom stereocenters. The summed E-state index contributed by atoms with van der Waals surface area (Å²) in [7, 11) is 0. The Hall–Kier alpha value is -2.91. The van der Waals surface area contributed by atoms with Gasteiger partial charge in [-0.1, -0.05) is 63.6 Å². The van der Waals surface area contributed by atoms with E-state index in [2.05, 4.69) is 67.6 Å². The van der Waals surface area contributed by atoms with Crippen molar-refractivity contribution in [1.82, 2.24) is 20.2 Å². The van der Waals surface area contributed by atoms with Gasteiger partial charge < -0.3 is 9.88 Å². The van der Waals surface area contributed by atoms with Gasteiger partial charge >= 0.3 is 0 Å². The minimum atomic E-state index is -0.405. The van der Waals surface area contributed by atoms with Gasteiger partial charge in [-0.15, -0.1) is 16.8 Å². The number of aryl methyl sites for hydroxylation is 1. The highest BCUT2D eigenvalue weighted by molar-refractivity contribution is 9.10. The molecule has 1 heterocycles. The third-order valence-electron chi connectivity index (χ3n) is 4.85. The first-order valence-corrected chi connectivity index (χ1v) is 12.1. The molecule has 0 spiro atoms. The molecule has 2 N–H and O–H groups in total. The zero-order valence-corrected chi connectivity index (χ0v) is 21.3. The van der Waals surface area contributed by atoms with Gasteiger partial charge in [-0.05, 0) is 50.6 Å². The predicted octanol–water partition coefficient (Wildman–Crippen LogP) is 5.17. The summed E-state index contributed by atoms with van der Waals surface area (Å²) in [5.74, 6) is 0.568. The summed E-state index contributed by atoms with van der Waals surface area (Å²) < 4.78 is 2.95. The predicted molar refractivity (Wildman–Crippen MR) is 139 cm³/mol. The highest BCUT2D eigenvalue weighted by atomic mass is 79.9. The van der Waals surface area contributed by atoms with E-state index in [9.17, 15) is 4.79 Å². The molecule has 1 atom stereocenters. The Morgan fingerprint density at radius 3 is 2.58 bits per heavy atom. The number of nitrogens with zero attached hydrogens (tertiary/aromatic N) is 4. The fourth-order valence-corrected chi connectivity index (χ4v) is 4.03. The molecule has 0 aliphatic heterocycles. The standard InChI is InChI=1S/C24H27BrN6OS/c1-5-14-31-22(15-26-21-12-6-16(2)7-13-21)28-30-24(31)33-18(4)23(32)29-27-17(3)19-8-10-20(25)11-9-19/h5-13,18,26H,1,14-15H2,2-4H3,(H,29,32). The van der Waals surface area contributed by atoms with Crippen LogP contribution in [0.15, 0.2) is 75.9 Å². The van der Waals surface area contributed by atoms with Crippen LogP contribution in [0.1, 0.15) is 30.8 Å². The summed E-state index contributed by atoms with van der Waals surface area (Å²) in [5.41, 5.74) is 6.54. The third-order valence-corrected chi connectivity index (χ3v) is 6.46. The molecule has 0 bridgehead atoms. The molecule has 3 aromatic rings. The number of hydrogen-bond donors (Lipinski definition) is 2. The molecular formula is C24H27BrN6OS. The van der Waals surface area contributed by atoms with Crippen LogP contribution in [0.2, 0.25) is 0 Å². The van der Waals surface area contributed by atoms with Crippen LogP contribution in [-0.2, 0) is 17.9 Å². The van der Waals surface area contributed by atoms with E-state index in [1.165, 1.54) is 17.3 Å². The summed E-state index contributed by atoms with van der Waals surface area (Å²) >= 11 is 4.75. The van der Waals surface area contributed by atoms with Gasteiger partial charge in [0.25, 0.3) is 5.91 Å². The first-order chi connectivity index (χ1) is 15.9. The Morgan fingerprint density at radius 1 is 1.21 bits per heavy atom. The number of rotatable bonds is 10. The second-order valence-corrected chi connectivity index (χ2v) is 9.68. The zero-order valence-electron chi connectivity index (χ0n) is 18.9. The van der Waals surface area contributed by atoms with Crippen LogP contribution in [-0.4, -0.2) is 31.6 Å². The number of nitrogens with one attached hydrogen (secondary N) is 2. The second-order valence-electron chi connectivity index (χ2n) is 7.46. The highest BCUT2D eigenvalue weighted by Crippen LogP contribution is 2.23. The van der Waals surface area contributed by atoms with Gasteiger partial charge in [0.2, 0.25) is 0 Å². The van der Waals surface area contributed by atoms with Crippen molar-refractivity contribution in [3.05, 3.63) is 82.6 Å². The van der Waals surface area contributed by atoms with Crippen molar-refractivity contribution in [2.45, 2.75) is 44.3 Å². The molecule has 7 nitrogen and oxygen atoms in total. The normalized spacial score (nSPS) is 12.3. The minimum absolute atomic E-state index is 0.205. The van der Waals surface area contributed by atoms with Crippen LogP contribution in [0, 0.1) is 6.92 Å². The van der Waals surface area contributed by atoms with Gasteiger partial charge in [0.05, 0.1) is 17.5 Å². The SMILES string of the molecule is C=CCn1c(CNc2ccc(C)cc2)nnc1SC(C)C(=O)NN=C(C)c1ccc(Br)cc1. The van der Waals surface area contributed by atoms with Crippen LogP contribution in [0.4, 0.5) is 5.69 Å². The van der Waals surface area contributed by atoms with Gasteiger partial charge in [-0.2, -0.15) is 5.10 Å². The van der Waals surface area contributed by atoms with E-state index >= 15 is 0 Å². The van der Waals surface area contributed by atoms with Crippen LogP contribution < -0.4 is 10.7 Å². The minimum Gasteiger partial charge on any atom is -0.378 e. The monoisotopic (exact) mass is 526 g/mol. The summed E-state index contributed by atoms with van der Waals surface area (Å²) in [6, 6.07) is 15.9. The molecule has 3 rings (SSSR count). The quantitative estimate of drug-likeness (QED) is 0.165. The van der Waals surface area contributed by atoms with Crippen molar-refractivity contribution in [1.29, 1.82) is 0 Å². The van der Waals surface area contributed by atoms with Crippen LogP contribution in [0.5, 0.6) is 0 Å². The molecular weight excluding hydrogens is 500 g/mol. The zero-order chi connectivity index (χ0) is 23.8. The Labute approximate surface area is 206 Å². The van der Waals surface area contributed by atoms with E-state index in [1.54, 1.807) is 6.08 Å². The Morgan fingerprint density at radius 2 is 1.91 bits per heavy atom. The molecule has 0 aliphatic rings. The molecule has 2 aromatic carbocycles. The summed E-state index contributed by atoms with van der Waals surface area (Å²) in [4.78, 5) is 12.6. The molecule has 9 heteroatoms. The van der Waals surface area contributed by atoms with Gasteiger partial charge in [-0.25, -0.2) is 5.43 Å². The number of hydrogen-bond acceptors (Lipinski definition) is 6. The molecule has 33 heavy (non-hydrogen) atoms. The molecule has 0 saturated heterocycles. The van der Waals surface area contributed by atoms with Crippen molar-refractivity contribution < 1.29 is 4.79 Å². The molecule has 1 amide bonds. The summed E-state index contributed by atoms with van der Waals surface area (Å²) in [5, 5.41) is 16.5. The number of amides is 1. The van der Waals surface area contributed by atoms with E-state index in [4.69, 9.17) is 0 Å². The lowest BCUT2D eigenvalue weighted by molar-refractivity contribution is -0.120. The lowest BCUT2D eigenvalue weighted by atomic mass is 10.1. The number of aromatic nitrogens is 3. The number of halogens is 1. The van der Waals surface area contributed by atoms with Crippen LogP contribution in [0.3, 0.4) is 0 Å². The van der Waals surface area contributed by atoms with E-state index in [-0.39, 0.29) is 5.91 Å². The maximum Gasteiger partial charge on any atom is 0.253 e. The van der Waals surface area contributed by atoms with Crippen molar-refractivity contribution in [3.63, 3.8) is 0 Å². The number of thioether (sulfide) groups is 1. The fourth-order valence-electron chi connectivity index (χ4n) is 2.90. The average Bonchev–Trinajstić information content (AvgIpc) is 3.18. The highest BCUT2D eigenvalue weighted by Gasteiger charge is 2.20. The van der Waals surface area contributed by atoms with E-state index in [0.717, 1.165) is 27.3 Å². The number of anilines is 1. The Balaban J connectivity index is 1.63. The Kier molecular flexibility index (Phi) is 8.85. The fraction of sp³-hybridized carbons (Fsp3) is 0.250. The lowest BCUT2D eigenvalue weighted by Crippen LogP contribution is -2.28. The van der Waals surface area contributed by atoms with E-state index in [1.807, 2.05) is 54.8 Å². The maximum absolute atomic E-state index is 12.6. The Bertz CT molecular complexity index is 1120. The molecule has 172 valence electrons. The number of allylic oxidation sites excluding steroid dienone is 1. The number of carbonyl (C=O) groups is 1. The molecule has 0 radical (unpaired) electrons. The average molecular weight is 527 g/mol. The van der Waals surface area contributed by atoms with Gasteiger partial charge in [0.1, 0.15) is 0 Å². The summed E-state index contributed by atoms with van der Waals surface area (Å²) in [6.45, 7) is 10.6. The van der Waals surface area contributed by atoms with Crippen LogP contribution in [0.25, 0.3) is 0 Å². The summed E-state index contributed by atoms with van der Waals surface area (Å²) in [6.07, 6.45) is 1.79. The maximum atomic E-state index is 12.6. The number of hydrazone groups is 1. The van der Waals surface area contributed by atoms with Gasteiger partial charge in [-0.3, -0.25) is 4.79 Å². The third kappa shape index (κ3) is 7.03. The first kappa shape index (κ1) is 24.7. The van der Waals surface area contributed by atoms with E-state index < -0.39 is 5.25 Å². The topological polar surface area (TPSA) is 84.2 Å². The number of benzene rings is 2. The molecule has 0 fully saturated rings. The van der Waals surface area contributed by atoms with Crippen molar-refractivity contribution in [2.24, 2.45) is 5.10 Å². The molecule has 1 aromatic heterocycles. The number of carbonyl (C=O) groups excluding carboxylic acids is 1. The van der Waals surface area contributed by atoms with Gasteiger partial charge in [0.15, 0.2) is 11.0 Å².